The highest BCUT2D eigenvalue weighted by atomic mass is 35.5. The molecule has 0 aliphatic carbocycles. The van der Waals surface area contributed by atoms with E-state index in [0.717, 1.165) is 22.0 Å². The Hall–Kier alpha value is -1.90. The molecule has 1 heterocycles. The first-order valence-electron chi connectivity index (χ1n) is 6.87. The molecule has 21 heavy (non-hydrogen) atoms. The van der Waals surface area contributed by atoms with Gasteiger partial charge in [-0.1, -0.05) is 41.9 Å². The molecule has 0 radical (unpaired) electrons. The van der Waals surface area contributed by atoms with Crippen LogP contribution in [0.4, 0.5) is 0 Å². The predicted octanol–water partition coefficient (Wildman–Crippen LogP) is 4.34. The highest BCUT2D eigenvalue weighted by Crippen LogP contribution is 2.31. The number of pyridine rings is 1. The van der Waals surface area contributed by atoms with Crippen molar-refractivity contribution in [1.29, 1.82) is 0 Å². The fourth-order valence-electron chi connectivity index (χ4n) is 2.67. The summed E-state index contributed by atoms with van der Waals surface area (Å²) in [5.41, 5.74) is 1.87. The molecule has 0 bridgehead atoms. The largest absolute Gasteiger partial charge is 0.385 e. The van der Waals surface area contributed by atoms with Gasteiger partial charge in [0, 0.05) is 23.0 Å². The van der Waals surface area contributed by atoms with Crippen molar-refractivity contribution in [1.82, 2.24) is 4.98 Å². The van der Waals surface area contributed by atoms with Crippen molar-refractivity contribution in [2.45, 2.75) is 18.9 Å². The van der Waals surface area contributed by atoms with E-state index < -0.39 is 5.60 Å². The van der Waals surface area contributed by atoms with E-state index in [2.05, 4.69) is 4.98 Å². The van der Waals surface area contributed by atoms with E-state index in [1.165, 1.54) is 0 Å². The molecule has 0 aliphatic heterocycles. The Labute approximate surface area is 129 Å². The Balaban J connectivity index is 2.01. The number of nitrogens with zero attached hydrogens (tertiary/aromatic N) is 1. The summed E-state index contributed by atoms with van der Waals surface area (Å²) in [6.07, 6.45) is 2.29. The smallest absolute Gasteiger partial charge is 0.0915 e. The first-order valence-corrected chi connectivity index (χ1v) is 7.25. The van der Waals surface area contributed by atoms with E-state index in [0.29, 0.717) is 11.4 Å². The van der Waals surface area contributed by atoms with Gasteiger partial charge in [-0.05, 0) is 42.3 Å². The zero-order valence-electron chi connectivity index (χ0n) is 11.8. The molecule has 2 nitrogen and oxygen atoms in total. The molecule has 3 rings (SSSR count). The Morgan fingerprint density at radius 2 is 1.81 bits per heavy atom. The third kappa shape index (κ3) is 2.92. The van der Waals surface area contributed by atoms with Gasteiger partial charge in [0.1, 0.15) is 0 Å². The molecule has 0 spiro atoms. The van der Waals surface area contributed by atoms with Crippen LogP contribution >= 0.6 is 11.6 Å². The number of benzene rings is 2. The molecule has 0 amide bonds. The number of fused-ring (bicyclic) bond motifs is 1. The third-order valence-electron chi connectivity index (χ3n) is 3.69. The number of hydrogen-bond donors (Lipinski definition) is 1. The van der Waals surface area contributed by atoms with Crippen LogP contribution in [0.2, 0.25) is 5.02 Å². The van der Waals surface area contributed by atoms with E-state index in [-0.39, 0.29) is 0 Å². The van der Waals surface area contributed by atoms with Crippen molar-refractivity contribution >= 4 is 22.5 Å². The Kier molecular flexibility index (Phi) is 3.66. The predicted molar refractivity (Wildman–Crippen MR) is 86.5 cm³/mol. The number of hydrogen-bond acceptors (Lipinski definition) is 2. The molecule has 106 valence electrons. The van der Waals surface area contributed by atoms with Crippen molar-refractivity contribution in [2.24, 2.45) is 0 Å². The second-order valence-electron chi connectivity index (χ2n) is 5.45. The summed E-state index contributed by atoms with van der Waals surface area (Å²) in [7, 11) is 0. The molecular weight excluding hydrogens is 282 g/mol. The first-order chi connectivity index (χ1) is 10.1. The topological polar surface area (TPSA) is 33.1 Å². The first kappa shape index (κ1) is 14.1. The van der Waals surface area contributed by atoms with E-state index in [1.807, 2.05) is 61.5 Å². The van der Waals surface area contributed by atoms with Gasteiger partial charge in [0.05, 0.1) is 11.1 Å². The lowest BCUT2D eigenvalue weighted by molar-refractivity contribution is 0.0592. The lowest BCUT2D eigenvalue weighted by atomic mass is 9.87. The number of aromatic nitrogens is 1. The molecule has 0 aliphatic rings. The van der Waals surface area contributed by atoms with E-state index in [1.54, 1.807) is 6.20 Å². The third-order valence-corrected chi connectivity index (χ3v) is 3.94. The second-order valence-corrected chi connectivity index (χ2v) is 5.89. The lowest BCUT2D eigenvalue weighted by Gasteiger charge is -2.25. The summed E-state index contributed by atoms with van der Waals surface area (Å²) in [5, 5.41) is 12.6. The summed E-state index contributed by atoms with van der Waals surface area (Å²) in [4.78, 5) is 4.35. The summed E-state index contributed by atoms with van der Waals surface area (Å²) < 4.78 is 0. The summed E-state index contributed by atoms with van der Waals surface area (Å²) in [6, 6.07) is 17.3. The van der Waals surface area contributed by atoms with Crippen molar-refractivity contribution in [3.05, 3.63) is 76.9 Å². The van der Waals surface area contributed by atoms with Crippen LogP contribution in [0.5, 0.6) is 0 Å². The molecule has 0 saturated carbocycles. The molecule has 1 N–H and O–H groups in total. The second kappa shape index (κ2) is 5.47. The normalized spacial score (nSPS) is 14.0. The Morgan fingerprint density at radius 1 is 1.05 bits per heavy atom. The molecule has 1 aromatic heterocycles. The highest BCUT2D eigenvalue weighted by Gasteiger charge is 2.25. The van der Waals surface area contributed by atoms with Crippen LogP contribution in [-0.2, 0) is 12.0 Å². The minimum atomic E-state index is -0.962. The van der Waals surface area contributed by atoms with Crippen molar-refractivity contribution in [3.63, 3.8) is 0 Å². The van der Waals surface area contributed by atoms with Crippen LogP contribution in [0.3, 0.4) is 0 Å². The zero-order chi connectivity index (χ0) is 14.9. The lowest BCUT2D eigenvalue weighted by Crippen LogP contribution is -2.24. The summed E-state index contributed by atoms with van der Waals surface area (Å²) >= 11 is 5.91. The van der Waals surface area contributed by atoms with Crippen LogP contribution in [-0.4, -0.2) is 10.1 Å². The average Bonchev–Trinajstić information content (AvgIpc) is 2.49. The molecule has 1 atom stereocenters. The quantitative estimate of drug-likeness (QED) is 0.780. The van der Waals surface area contributed by atoms with E-state index in [4.69, 9.17) is 11.6 Å². The minimum absolute atomic E-state index is 0.526. The molecule has 2 aromatic carbocycles. The number of rotatable bonds is 3. The van der Waals surface area contributed by atoms with Crippen LogP contribution in [0.1, 0.15) is 18.1 Å². The fourth-order valence-corrected chi connectivity index (χ4v) is 2.79. The average molecular weight is 298 g/mol. The van der Waals surface area contributed by atoms with Gasteiger partial charge < -0.3 is 5.11 Å². The summed E-state index contributed by atoms with van der Waals surface area (Å²) in [5.74, 6) is 0. The van der Waals surface area contributed by atoms with E-state index in [9.17, 15) is 5.11 Å². The van der Waals surface area contributed by atoms with Crippen molar-refractivity contribution in [3.8, 4) is 0 Å². The molecular formula is C18H16ClNO. The molecule has 0 fully saturated rings. The van der Waals surface area contributed by atoms with Gasteiger partial charge >= 0.3 is 0 Å². The van der Waals surface area contributed by atoms with Crippen LogP contribution < -0.4 is 0 Å². The molecule has 3 heteroatoms. The van der Waals surface area contributed by atoms with Gasteiger partial charge in [0.2, 0.25) is 0 Å². The van der Waals surface area contributed by atoms with Crippen LogP contribution in [0.15, 0.2) is 60.8 Å². The van der Waals surface area contributed by atoms with E-state index >= 15 is 0 Å². The maximum Gasteiger partial charge on any atom is 0.0915 e. The fraction of sp³-hybridized carbons (Fsp3) is 0.167. The number of aliphatic hydroxyl groups is 1. The standard InChI is InChI=1S/C18H16ClNO/c1-18(21,12-13-7-9-14(19)10-8-13)16-5-2-6-17-15(16)4-3-11-20-17/h2-11,21H,12H2,1H3. The minimum Gasteiger partial charge on any atom is -0.385 e. The van der Waals surface area contributed by atoms with Crippen LogP contribution in [0.25, 0.3) is 10.9 Å². The molecule has 1 unspecified atom stereocenters. The maximum absolute atomic E-state index is 10.9. The molecule has 3 aromatic rings. The van der Waals surface area contributed by atoms with Gasteiger partial charge in [-0.2, -0.15) is 0 Å². The monoisotopic (exact) mass is 297 g/mol. The Bertz CT molecular complexity index is 760. The van der Waals surface area contributed by atoms with Gasteiger partial charge in [-0.25, -0.2) is 0 Å². The van der Waals surface area contributed by atoms with Gasteiger partial charge in [0.15, 0.2) is 0 Å². The number of halogens is 1. The van der Waals surface area contributed by atoms with Gasteiger partial charge in [0.25, 0.3) is 0 Å². The SMILES string of the molecule is CC(O)(Cc1ccc(Cl)cc1)c1cccc2ncccc12. The van der Waals surface area contributed by atoms with Crippen molar-refractivity contribution in [2.75, 3.05) is 0 Å². The molecule has 0 saturated heterocycles. The summed E-state index contributed by atoms with van der Waals surface area (Å²) in [6.45, 7) is 1.84. The van der Waals surface area contributed by atoms with Crippen LogP contribution in [0, 0.1) is 0 Å². The highest BCUT2D eigenvalue weighted by molar-refractivity contribution is 6.30. The zero-order valence-corrected chi connectivity index (χ0v) is 12.5. The van der Waals surface area contributed by atoms with Crippen molar-refractivity contribution < 1.29 is 5.11 Å². The van der Waals surface area contributed by atoms with Gasteiger partial charge in [-0.3, -0.25) is 4.98 Å². The van der Waals surface area contributed by atoms with Gasteiger partial charge in [-0.15, -0.1) is 0 Å². The Morgan fingerprint density at radius 3 is 2.57 bits per heavy atom. The maximum atomic E-state index is 10.9.